The molecule has 4 bridgehead atoms. The van der Waals surface area contributed by atoms with Gasteiger partial charge in [-0.1, -0.05) is 18.2 Å². The molecule has 174 valence electrons. The van der Waals surface area contributed by atoms with Gasteiger partial charge >= 0.3 is 0 Å². The first-order valence-electron chi connectivity index (χ1n) is 12.3. The molecule has 2 atom stereocenters. The Bertz CT molecular complexity index is 1030. The van der Waals surface area contributed by atoms with E-state index in [-0.39, 0.29) is 16.7 Å². The summed E-state index contributed by atoms with van der Waals surface area (Å²) < 4.78 is 5.39. The van der Waals surface area contributed by atoms with Gasteiger partial charge in [-0.15, -0.1) is 11.3 Å². The zero-order chi connectivity index (χ0) is 22.6. The lowest BCUT2D eigenvalue weighted by atomic mass is 9.42. The van der Waals surface area contributed by atoms with Crippen LogP contribution in [0.15, 0.2) is 41.8 Å². The molecule has 33 heavy (non-hydrogen) atoms. The molecule has 0 radical (unpaired) electrons. The van der Waals surface area contributed by atoms with Crippen LogP contribution in [0, 0.1) is 17.3 Å². The number of hydrogen-bond acceptors (Lipinski definition) is 4. The third kappa shape index (κ3) is 3.49. The molecule has 1 aromatic heterocycles. The van der Waals surface area contributed by atoms with Crippen molar-refractivity contribution in [3.05, 3.63) is 52.2 Å². The van der Waals surface area contributed by atoms with Gasteiger partial charge in [0.1, 0.15) is 5.75 Å². The maximum Gasteiger partial charge on any atom is 0.264 e. The van der Waals surface area contributed by atoms with Crippen molar-refractivity contribution >= 4 is 23.2 Å². The highest BCUT2D eigenvalue weighted by Crippen LogP contribution is 2.66. The second-order valence-corrected chi connectivity index (χ2v) is 11.8. The summed E-state index contributed by atoms with van der Waals surface area (Å²) in [6.07, 6.45) is 6.80. The first kappa shape index (κ1) is 21.2. The van der Waals surface area contributed by atoms with Crippen molar-refractivity contribution in [3.63, 3.8) is 0 Å². The second kappa shape index (κ2) is 7.86. The Morgan fingerprint density at radius 1 is 0.939 bits per heavy atom. The molecule has 5 nitrogen and oxygen atoms in total. The van der Waals surface area contributed by atoms with E-state index < -0.39 is 0 Å². The number of piperazine rings is 1. The number of rotatable bonds is 4. The minimum atomic E-state index is -0.218. The van der Waals surface area contributed by atoms with E-state index in [1.165, 1.54) is 36.2 Å². The van der Waals surface area contributed by atoms with E-state index in [1.807, 2.05) is 22.4 Å². The van der Waals surface area contributed by atoms with E-state index in [2.05, 4.69) is 29.2 Å². The number of thiophene rings is 1. The van der Waals surface area contributed by atoms with Gasteiger partial charge in [0.05, 0.1) is 17.4 Å². The molecule has 4 saturated carbocycles. The number of carbonyl (C=O) groups is 2. The average molecular weight is 465 g/mol. The molecule has 1 saturated heterocycles. The highest BCUT2D eigenvalue weighted by Gasteiger charge is 2.61. The molecular weight excluding hydrogens is 432 g/mol. The number of ether oxygens (including phenoxy) is 1. The Morgan fingerprint density at radius 2 is 1.61 bits per heavy atom. The van der Waals surface area contributed by atoms with Crippen molar-refractivity contribution in [2.24, 2.45) is 17.3 Å². The Labute approximate surface area is 199 Å². The molecule has 2 aromatic rings. The fourth-order valence-corrected chi connectivity index (χ4v) is 8.49. The lowest BCUT2D eigenvalue weighted by Gasteiger charge is -2.62. The fourth-order valence-electron chi connectivity index (χ4n) is 7.80. The van der Waals surface area contributed by atoms with Crippen molar-refractivity contribution in [1.82, 2.24) is 9.80 Å². The van der Waals surface area contributed by atoms with Crippen molar-refractivity contribution < 1.29 is 14.3 Å². The minimum absolute atomic E-state index is 0.102. The van der Waals surface area contributed by atoms with Crippen LogP contribution < -0.4 is 4.74 Å². The Balaban J connectivity index is 1.20. The van der Waals surface area contributed by atoms with Crippen LogP contribution in [0.25, 0.3) is 0 Å². The average Bonchev–Trinajstić information content (AvgIpc) is 3.37. The summed E-state index contributed by atoms with van der Waals surface area (Å²) in [6, 6.07) is 12.4. The smallest absolute Gasteiger partial charge is 0.264 e. The van der Waals surface area contributed by atoms with Gasteiger partial charge in [-0.05, 0) is 84.9 Å². The van der Waals surface area contributed by atoms with E-state index in [0.29, 0.717) is 43.9 Å². The molecule has 2 heterocycles. The SMILES string of the molecule is COc1ccc(C23CC4CC(CC(C(=O)N5CCN(C(=O)c6cccs6)CC5)(C4)C2)C3)cc1. The molecule has 0 N–H and O–H groups in total. The first-order valence-corrected chi connectivity index (χ1v) is 13.1. The fraction of sp³-hybridized carbons (Fsp3) is 0.556. The molecule has 1 aromatic carbocycles. The zero-order valence-electron chi connectivity index (χ0n) is 19.3. The van der Waals surface area contributed by atoms with Crippen LogP contribution in [-0.2, 0) is 10.2 Å². The van der Waals surface area contributed by atoms with Gasteiger partial charge < -0.3 is 14.5 Å². The van der Waals surface area contributed by atoms with Crippen LogP contribution >= 0.6 is 11.3 Å². The van der Waals surface area contributed by atoms with Crippen molar-refractivity contribution in [3.8, 4) is 5.75 Å². The van der Waals surface area contributed by atoms with E-state index in [9.17, 15) is 9.59 Å². The van der Waals surface area contributed by atoms with Gasteiger partial charge in [-0.25, -0.2) is 0 Å². The molecule has 5 fully saturated rings. The third-order valence-electron chi connectivity index (χ3n) is 8.80. The van der Waals surface area contributed by atoms with Crippen LogP contribution in [0.4, 0.5) is 0 Å². The zero-order valence-corrected chi connectivity index (χ0v) is 20.1. The summed E-state index contributed by atoms with van der Waals surface area (Å²) in [7, 11) is 1.71. The van der Waals surface area contributed by atoms with Gasteiger partial charge in [0.15, 0.2) is 0 Å². The molecular formula is C27H32N2O3S. The number of hydrogen-bond donors (Lipinski definition) is 0. The summed E-state index contributed by atoms with van der Waals surface area (Å²) in [6.45, 7) is 2.58. The molecule has 2 amide bonds. The predicted octanol–water partition coefficient (Wildman–Crippen LogP) is 4.58. The first-order chi connectivity index (χ1) is 16.0. The van der Waals surface area contributed by atoms with Gasteiger partial charge in [0, 0.05) is 26.2 Å². The topological polar surface area (TPSA) is 49.9 Å². The molecule has 5 aliphatic rings. The lowest BCUT2D eigenvalue weighted by Crippen LogP contribution is -2.61. The number of carbonyl (C=O) groups excluding carboxylic acids is 2. The summed E-state index contributed by atoms with van der Waals surface area (Å²) in [5.74, 6) is 2.66. The molecule has 2 unspecified atom stereocenters. The summed E-state index contributed by atoms with van der Waals surface area (Å²) in [5, 5.41) is 1.94. The summed E-state index contributed by atoms with van der Waals surface area (Å²) in [4.78, 5) is 31.5. The van der Waals surface area contributed by atoms with E-state index in [1.54, 1.807) is 7.11 Å². The van der Waals surface area contributed by atoms with Crippen LogP contribution in [0.5, 0.6) is 5.75 Å². The maximum atomic E-state index is 14.0. The Morgan fingerprint density at radius 3 is 2.21 bits per heavy atom. The van der Waals surface area contributed by atoms with Gasteiger partial charge in [-0.2, -0.15) is 0 Å². The number of amides is 2. The summed E-state index contributed by atoms with van der Waals surface area (Å²) in [5.41, 5.74) is 1.30. The molecule has 0 spiro atoms. The monoisotopic (exact) mass is 464 g/mol. The maximum absolute atomic E-state index is 14.0. The predicted molar refractivity (Wildman–Crippen MR) is 129 cm³/mol. The van der Waals surface area contributed by atoms with Crippen LogP contribution in [0.1, 0.15) is 53.8 Å². The van der Waals surface area contributed by atoms with Crippen LogP contribution in [0.3, 0.4) is 0 Å². The standard InChI is InChI=1S/C27H32N2O3S/c1-32-22-6-4-21(5-7-22)26-14-19-13-20(15-26)17-27(16-19,18-26)25(31)29-10-8-28(9-11-29)24(30)23-3-2-12-33-23/h2-7,12,19-20H,8-11,13-18H2,1H3. The van der Waals surface area contributed by atoms with E-state index >= 15 is 0 Å². The highest BCUT2D eigenvalue weighted by molar-refractivity contribution is 7.12. The van der Waals surface area contributed by atoms with Crippen LogP contribution in [-0.4, -0.2) is 54.9 Å². The lowest BCUT2D eigenvalue weighted by molar-refractivity contribution is -0.161. The second-order valence-electron chi connectivity index (χ2n) is 10.8. The third-order valence-corrected chi connectivity index (χ3v) is 9.66. The highest BCUT2D eigenvalue weighted by atomic mass is 32.1. The Kier molecular flexibility index (Phi) is 5.05. The van der Waals surface area contributed by atoms with E-state index in [0.717, 1.165) is 29.9 Å². The molecule has 7 rings (SSSR count). The number of benzene rings is 1. The van der Waals surface area contributed by atoms with Gasteiger partial charge in [0.25, 0.3) is 5.91 Å². The largest absolute Gasteiger partial charge is 0.497 e. The summed E-state index contributed by atoms with van der Waals surface area (Å²) >= 11 is 1.49. The molecule has 1 aliphatic heterocycles. The number of methoxy groups -OCH3 is 1. The number of nitrogens with zero attached hydrogens (tertiary/aromatic N) is 2. The minimum Gasteiger partial charge on any atom is -0.497 e. The van der Waals surface area contributed by atoms with Crippen LogP contribution in [0.2, 0.25) is 0 Å². The normalized spacial score (nSPS) is 32.8. The Hall–Kier alpha value is -2.34. The van der Waals surface area contributed by atoms with Gasteiger partial charge in [0.2, 0.25) is 5.91 Å². The van der Waals surface area contributed by atoms with Crippen molar-refractivity contribution in [1.29, 1.82) is 0 Å². The van der Waals surface area contributed by atoms with Crippen molar-refractivity contribution in [2.75, 3.05) is 33.3 Å². The molecule has 4 aliphatic carbocycles. The quantitative estimate of drug-likeness (QED) is 0.666. The van der Waals surface area contributed by atoms with Gasteiger partial charge in [-0.3, -0.25) is 9.59 Å². The van der Waals surface area contributed by atoms with Crippen molar-refractivity contribution in [2.45, 2.75) is 43.9 Å². The van der Waals surface area contributed by atoms with E-state index in [4.69, 9.17) is 4.74 Å². The molecule has 6 heteroatoms.